The van der Waals surface area contributed by atoms with Gasteiger partial charge in [-0.25, -0.2) is 0 Å². The van der Waals surface area contributed by atoms with Crippen LogP contribution in [0.4, 0.5) is 11.9 Å². The minimum atomic E-state index is 0.190. The lowest BCUT2D eigenvalue weighted by molar-refractivity contribution is 0.148. The first-order valence-corrected chi connectivity index (χ1v) is 6.68. The Morgan fingerprint density at radius 1 is 1.15 bits per heavy atom. The number of nitrogens with two attached hydrogens (primary N) is 1. The first kappa shape index (κ1) is 14.2. The molecule has 1 heterocycles. The molecule has 0 spiro atoms. The highest BCUT2D eigenvalue weighted by Crippen LogP contribution is 2.16. The molecule has 2 aromatic rings. The van der Waals surface area contributed by atoms with Gasteiger partial charge >= 0.3 is 0 Å². The molecule has 20 heavy (non-hydrogen) atoms. The van der Waals surface area contributed by atoms with Crippen molar-refractivity contribution in [2.24, 2.45) is 0 Å². The third kappa shape index (κ3) is 4.17. The highest BCUT2D eigenvalue weighted by Gasteiger charge is 2.05. The van der Waals surface area contributed by atoms with E-state index in [1.807, 2.05) is 30.3 Å². The Balaban J connectivity index is 2.02. The molecule has 0 radical (unpaired) electrons. The summed E-state index contributed by atoms with van der Waals surface area (Å²) in [4.78, 5) is 12.5. The summed E-state index contributed by atoms with van der Waals surface area (Å²) >= 11 is 0. The summed E-state index contributed by atoms with van der Waals surface area (Å²) in [5.74, 6) is 1.16. The molecule has 0 atom stereocenters. The molecule has 106 valence electrons. The molecule has 1 aromatic carbocycles. The minimum Gasteiger partial charge on any atom is -0.368 e. The van der Waals surface area contributed by atoms with Crippen molar-refractivity contribution in [3.8, 4) is 11.4 Å². The number of ether oxygens (including phenoxy) is 1. The van der Waals surface area contributed by atoms with Crippen LogP contribution < -0.4 is 11.1 Å². The molecular weight excluding hydrogens is 254 g/mol. The van der Waals surface area contributed by atoms with Crippen LogP contribution >= 0.6 is 0 Å². The molecule has 0 saturated carbocycles. The maximum absolute atomic E-state index is 5.71. The number of hydrogen-bond acceptors (Lipinski definition) is 6. The van der Waals surface area contributed by atoms with E-state index in [4.69, 9.17) is 10.5 Å². The molecule has 2 rings (SSSR count). The predicted molar refractivity (Wildman–Crippen MR) is 79.0 cm³/mol. The predicted octanol–water partition coefficient (Wildman–Crippen LogP) is 2.31. The summed E-state index contributed by atoms with van der Waals surface area (Å²) < 4.78 is 5.41. The van der Waals surface area contributed by atoms with Crippen molar-refractivity contribution >= 4 is 11.9 Å². The number of nitrogen functional groups attached to an aromatic ring is 1. The van der Waals surface area contributed by atoms with Gasteiger partial charge in [-0.15, -0.1) is 0 Å². The highest BCUT2D eigenvalue weighted by atomic mass is 16.5. The van der Waals surface area contributed by atoms with Crippen LogP contribution in [0.3, 0.4) is 0 Å². The van der Waals surface area contributed by atoms with Crippen molar-refractivity contribution in [2.45, 2.75) is 19.8 Å². The van der Waals surface area contributed by atoms with E-state index in [9.17, 15) is 0 Å². The molecule has 6 nitrogen and oxygen atoms in total. The molecule has 0 bridgehead atoms. The first-order chi connectivity index (χ1) is 9.79. The number of nitrogens with one attached hydrogen (secondary N) is 1. The lowest BCUT2D eigenvalue weighted by Crippen LogP contribution is -2.12. The molecule has 0 amide bonds. The highest BCUT2D eigenvalue weighted by molar-refractivity contribution is 5.57. The topological polar surface area (TPSA) is 86.0 Å². The molecule has 1 aromatic heterocycles. The Morgan fingerprint density at radius 2 is 1.95 bits per heavy atom. The van der Waals surface area contributed by atoms with Crippen molar-refractivity contribution in [1.82, 2.24) is 15.0 Å². The van der Waals surface area contributed by atoms with Crippen molar-refractivity contribution in [3.05, 3.63) is 30.3 Å². The Hall–Kier alpha value is -2.21. The van der Waals surface area contributed by atoms with E-state index in [0.717, 1.165) is 25.0 Å². The number of aromatic nitrogens is 3. The van der Waals surface area contributed by atoms with Crippen LogP contribution in [0.15, 0.2) is 30.3 Å². The van der Waals surface area contributed by atoms with Gasteiger partial charge in [-0.3, -0.25) is 0 Å². The van der Waals surface area contributed by atoms with E-state index in [0.29, 0.717) is 18.5 Å². The van der Waals surface area contributed by atoms with Gasteiger partial charge in [0.05, 0.1) is 0 Å². The van der Waals surface area contributed by atoms with Crippen LogP contribution in [0.25, 0.3) is 11.4 Å². The zero-order valence-electron chi connectivity index (χ0n) is 11.5. The maximum atomic E-state index is 5.71. The number of nitrogens with zero attached hydrogens (tertiary/aromatic N) is 3. The third-order valence-corrected chi connectivity index (χ3v) is 2.66. The van der Waals surface area contributed by atoms with Crippen molar-refractivity contribution in [2.75, 3.05) is 24.4 Å². The molecule has 0 unspecified atom stereocenters. The lowest BCUT2D eigenvalue weighted by Gasteiger charge is -2.08. The lowest BCUT2D eigenvalue weighted by atomic mass is 10.2. The van der Waals surface area contributed by atoms with Crippen LogP contribution in [0.5, 0.6) is 0 Å². The Labute approximate surface area is 118 Å². The molecule has 0 aliphatic carbocycles. The van der Waals surface area contributed by atoms with Crippen LogP contribution in [0.1, 0.15) is 19.8 Å². The van der Waals surface area contributed by atoms with Gasteiger partial charge in [0.2, 0.25) is 11.9 Å². The van der Waals surface area contributed by atoms with Gasteiger partial charge in [0.15, 0.2) is 5.82 Å². The zero-order valence-corrected chi connectivity index (χ0v) is 11.5. The summed E-state index contributed by atoms with van der Waals surface area (Å²) in [7, 11) is 0. The van der Waals surface area contributed by atoms with E-state index in [1.165, 1.54) is 0 Å². The molecule has 0 fully saturated rings. The number of unbranched alkanes of at least 4 members (excludes halogenated alkanes) is 1. The van der Waals surface area contributed by atoms with Crippen molar-refractivity contribution in [1.29, 1.82) is 0 Å². The molecule has 3 N–H and O–H groups in total. The molecule has 0 aliphatic rings. The number of anilines is 2. The second kappa shape index (κ2) is 7.40. The standard InChI is InChI=1S/C14H19N5O/c1-2-3-9-20-10-16-14-18-12(17-13(15)19-14)11-7-5-4-6-8-11/h4-8H,2-3,9-10H2,1H3,(H3,15,16,17,18,19). The van der Waals surface area contributed by atoms with E-state index < -0.39 is 0 Å². The van der Waals surface area contributed by atoms with E-state index in [1.54, 1.807) is 0 Å². The van der Waals surface area contributed by atoms with E-state index >= 15 is 0 Å². The van der Waals surface area contributed by atoms with Crippen LogP contribution in [-0.2, 0) is 4.74 Å². The van der Waals surface area contributed by atoms with Crippen LogP contribution in [-0.4, -0.2) is 28.3 Å². The zero-order chi connectivity index (χ0) is 14.2. The fourth-order valence-electron chi connectivity index (χ4n) is 1.62. The second-order valence-corrected chi connectivity index (χ2v) is 4.29. The third-order valence-electron chi connectivity index (χ3n) is 2.66. The fraction of sp³-hybridized carbons (Fsp3) is 0.357. The largest absolute Gasteiger partial charge is 0.368 e. The summed E-state index contributed by atoms with van der Waals surface area (Å²) in [5, 5.41) is 2.99. The summed E-state index contributed by atoms with van der Waals surface area (Å²) in [6, 6.07) is 9.65. The Bertz CT molecular complexity index is 532. The smallest absolute Gasteiger partial charge is 0.229 e. The van der Waals surface area contributed by atoms with Gasteiger partial charge < -0.3 is 15.8 Å². The van der Waals surface area contributed by atoms with E-state index in [2.05, 4.69) is 27.2 Å². The van der Waals surface area contributed by atoms with Crippen LogP contribution in [0.2, 0.25) is 0 Å². The number of hydrogen-bond donors (Lipinski definition) is 2. The van der Waals surface area contributed by atoms with Gasteiger partial charge in [-0.05, 0) is 6.42 Å². The first-order valence-electron chi connectivity index (χ1n) is 6.68. The molecular formula is C14H19N5O. The molecule has 6 heteroatoms. The normalized spacial score (nSPS) is 10.4. The number of benzene rings is 1. The Kier molecular flexibility index (Phi) is 5.25. The number of rotatable bonds is 7. The summed E-state index contributed by atoms with van der Waals surface area (Å²) in [6.07, 6.45) is 2.15. The fourth-order valence-corrected chi connectivity index (χ4v) is 1.62. The van der Waals surface area contributed by atoms with Gasteiger partial charge in [0.1, 0.15) is 6.73 Å². The molecule has 0 aliphatic heterocycles. The monoisotopic (exact) mass is 273 g/mol. The quantitative estimate of drug-likeness (QED) is 0.594. The maximum Gasteiger partial charge on any atom is 0.229 e. The molecule has 0 saturated heterocycles. The van der Waals surface area contributed by atoms with Gasteiger partial charge in [-0.1, -0.05) is 43.7 Å². The van der Waals surface area contributed by atoms with Crippen LogP contribution in [0, 0.1) is 0 Å². The SMILES string of the molecule is CCCCOCNc1nc(N)nc(-c2ccccc2)n1. The summed E-state index contributed by atoms with van der Waals surface area (Å²) in [6.45, 7) is 3.20. The Morgan fingerprint density at radius 3 is 2.70 bits per heavy atom. The average Bonchev–Trinajstić information content (AvgIpc) is 2.47. The minimum absolute atomic E-state index is 0.190. The summed E-state index contributed by atoms with van der Waals surface area (Å²) in [5.41, 5.74) is 6.61. The van der Waals surface area contributed by atoms with Crippen molar-refractivity contribution in [3.63, 3.8) is 0 Å². The van der Waals surface area contributed by atoms with Gasteiger partial charge in [0, 0.05) is 12.2 Å². The van der Waals surface area contributed by atoms with Crippen molar-refractivity contribution < 1.29 is 4.74 Å². The van der Waals surface area contributed by atoms with E-state index in [-0.39, 0.29) is 5.95 Å². The van der Waals surface area contributed by atoms with Gasteiger partial charge in [0.25, 0.3) is 0 Å². The second-order valence-electron chi connectivity index (χ2n) is 4.29. The average molecular weight is 273 g/mol. The van der Waals surface area contributed by atoms with Gasteiger partial charge in [-0.2, -0.15) is 15.0 Å².